The number of carbonyl (C=O) groups is 1. The summed E-state index contributed by atoms with van der Waals surface area (Å²) in [6.07, 6.45) is 0. The van der Waals surface area contributed by atoms with Gasteiger partial charge in [-0.2, -0.15) is 5.26 Å². The first kappa shape index (κ1) is 21.0. The lowest BCUT2D eigenvalue weighted by Gasteiger charge is -2.29. The number of hydrogen-bond donors (Lipinski definition) is 1. The molecule has 0 spiro atoms. The number of hydrogen-bond acceptors (Lipinski definition) is 6. The van der Waals surface area contributed by atoms with Crippen molar-refractivity contribution >= 4 is 34.7 Å². The molecule has 0 aromatic heterocycles. The molecule has 0 bridgehead atoms. The first-order valence-corrected chi connectivity index (χ1v) is 11.1. The maximum Gasteiger partial charge on any atom is 0.267 e. The van der Waals surface area contributed by atoms with E-state index in [4.69, 9.17) is 0 Å². The van der Waals surface area contributed by atoms with Crippen LogP contribution in [0.4, 0.5) is 11.4 Å². The lowest BCUT2D eigenvalue weighted by Crippen LogP contribution is -2.47. The third-order valence-corrected chi connectivity index (χ3v) is 6.31. The van der Waals surface area contributed by atoms with Gasteiger partial charge >= 0.3 is 0 Å². The van der Waals surface area contributed by atoms with E-state index in [0.717, 1.165) is 35.7 Å². The number of amides is 1. The van der Waals surface area contributed by atoms with Crippen LogP contribution in [0.15, 0.2) is 70.6 Å². The maximum atomic E-state index is 13.2. The Hall–Kier alpha value is -3.21. The van der Waals surface area contributed by atoms with Crippen molar-refractivity contribution in [1.29, 1.82) is 5.26 Å². The van der Waals surface area contributed by atoms with Crippen molar-refractivity contribution in [1.82, 2.24) is 10.2 Å². The van der Waals surface area contributed by atoms with Crippen molar-refractivity contribution in [3.63, 3.8) is 0 Å². The molecule has 2 aliphatic heterocycles. The second kappa shape index (κ2) is 9.29. The van der Waals surface area contributed by atoms with E-state index in [1.54, 1.807) is 4.90 Å². The summed E-state index contributed by atoms with van der Waals surface area (Å²) < 4.78 is 0. The molecule has 1 N–H and O–H groups in total. The quantitative estimate of drug-likeness (QED) is 0.591. The van der Waals surface area contributed by atoms with Crippen molar-refractivity contribution in [3.8, 4) is 6.07 Å². The van der Waals surface area contributed by atoms with E-state index in [1.807, 2.05) is 83.9 Å². The minimum absolute atomic E-state index is 0.186. The lowest BCUT2D eigenvalue weighted by molar-refractivity contribution is -0.127. The highest BCUT2D eigenvalue weighted by Gasteiger charge is 2.32. The third-order valence-electron chi connectivity index (χ3n) is 5.36. The first-order valence-electron chi connectivity index (χ1n) is 10.2. The molecule has 0 unspecified atom stereocenters. The fourth-order valence-electron chi connectivity index (χ4n) is 3.67. The van der Waals surface area contributed by atoms with Crippen molar-refractivity contribution in [2.75, 3.05) is 50.1 Å². The Kier molecular flexibility index (Phi) is 6.31. The maximum absolute atomic E-state index is 13.2. The summed E-state index contributed by atoms with van der Waals surface area (Å²) in [4.78, 5) is 19.1. The Labute approximate surface area is 187 Å². The van der Waals surface area contributed by atoms with Gasteiger partial charge in [0, 0.05) is 57.1 Å². The van der Waals surface area contributed by atoms with E-state index in [0.29, 0.717) is 18.1 Å². The van der Waals surface area contributed by atoms with E-state index < -0.39 is 0 Å². The molecule has 1 amide bonds. The van der Waals surface area contributed by atoms with Crippen LogP contribution in [0.5, 0.6) is 0 Å². The molecule has 0 saturated carbocycles. The van der Waals surface area contributed by atoms with E-state index in [1.165, 1.54) is 11.8 Å². The monoisotopic (exact) mass is 431 g/mol. The zero-order chi connectivity index (χ0) is 21.8. The zero-order valence-electron chi connectivity index (χ0n) is 17.7. The molecule has 2 aliphatic rings. The molecule has 6 nitrogen and oxygen atoms in total. The number of nitrogens with one attached hydrogen (secondary N) is 1. The van der Waals surface area contributed by atoms with E-state index in [2.05, 4.69) is 11.4 Å². The Morgan fingerprint density at radius 3 is 2.35 bits per heavy atom. The number of piperazine rings is 1. The van der Waals surface area contributed by atoms with Crippen LogP contribution in [0.25, 0.3) is 5.70 Å². The summed E-state index contributed by atoms with van der Waals surface area (Å²) in [5.41, 5.74) is 4.18. The molecule has 0 aliphatic carbocycles. The molecular formula is C24H25N5OS. The molecular weight excluding hydrogens is 406 g/mol. The summed E-state index contributed by atoms with van der Waals surface area (Å²) in [5.74, 6) is -0.205. The van der Waals surface area contributed by atoms with Crippen LogP contribution in [0.2, 0.25) is 0 Å². The van der Waals surface area contributed by atoms with Gasteiger partial charge in [-0.1, -0.05) is 42.1 Å². The topological polar surface area (TPSA) is 62.6 Å². The minimum atomic E-state index is -0.205. The van der Waals surface area contributed by atoms with Crippen LogP contribution in [0.1, 0.15) is 5.56 Å². The van der Waals surface area contributed by atoms with Gasteiger partial charge in [-0.15, -0.1) is 0 Å². The highest BCUT2D eigenvalue weighted by Crippen LogP contribution is 2.44. The molecule has 2 heterocycles. The van der Waals surface area contributed by atoms with Crippen LogP contribution >= 0.6 is 11.8 Å². The summed E-state index contributed by atoms with van der Waals surface area (Å²) in [7, 11) is 4.00. The number of rotatable bonds is 4. The Bertz CT molecular complexity index is 1050. The number of anilines is 2. The van der Waals surface area contributed by atoms with Crippen LogP contribution in [0.3, 0.4) is 0 Å². The van der Waals surface area contributed by atoms with Crippen molar-refractivity contribution < 1.29 is 4.79 Å². The molecule has 2 aromatic rings. The second-order valence-electron chi connectivity index (χ2n) is 7.57. The highest BCUT2D eigenvalue weighted by atomic mass is 32.2. The van der Waals surface area contributed by atoms with Gasteiger partial charge < -0.3 is 20.0 Å². The fraction of sp³-hybridized carbons (Fsp3) is 0.250. The van der Waals surface area contributed by atoms with Crippen LogP contribution < -0.4 is 15.1 Å². The normalized spacial score (nSPS) is 17.8. The van der Waals surface area contributed by atoms with Crippen molar-refractivity contribution in [2.45, 2.75) is 0 Å². The Morgan fingerprint density at radius 1 is 1.06 bits per heavy atom. The molecule has 1 fully saturated rings. The van der Waals surface area contributed by atoms with E-state index in [-0.39, 0.29) is 11.5 Å². The first-order chi connectivity index (χ1) is 15.1. The smallest absolute Gasteiger partial charge is 0.267 e. The van der Waals surface area contributed by atoms with Gasteiger partial charge in [-0.25, -0.2) is 0 Å². The molecule has 2 aromatic carbocycles. The largest absolute Gasteiger partial charge is 0.378 e. The minimum Gasteiger partial charge on any atom is -0.378 e. The highest BCUT2D eigenvalue weighted by molar-refractivity contribution is 8.06. The molecule has 158 valence electrons. The molecule has 0 radical (unpaired) electrons. The van der Waals surface area contributed by atoms with E-state index >= 15 is 0 Å². The van der Waals surface area contributed by atoms with Gasteiger partial charge in [-0.3, -0.25) is 4.79 Å². The SMILES string of the molecule is CN(C)c1ccc(N2C(c3ccccc3)=CS/C2=C(/C#N)C(=O)N2CCNCC2)cc1. The lowest BCUT2D eigenvalue weighted by atomic mass is 10.1. The number of carbonyl (C=O) groups excluding carboxylic acids is 1. The van der Waals surface area contributed by atoms with Gasteiger partial charge in [0.15, 0.2) is 0 Å². The van der Waals surface area contributed by atoms with Crippen LogP contribution in [0, 0.1) is 11.3 Å². The summed E-state index contributed by atoms with van der Waals surface area (Å²) >= 11 is 1.43. The summed E-state index contributed by atoms with van der Waals surface area (Å²) in [5, 5.41) is 15.9. The molecule has 31 heavy (non-hydrogen) atoms. The summed E-state index contributed by atoms with van der Waals surface area (Å²) in [6.45, 7) is 2.71. The predicted octanol–water partition coefficient (Wildman–Crippen LogP) is 3.47. The number of nitriles is 1. The standard InChI is InChI=1S/C24H25N5OS/c1-27(2)19-8-10-20(11-9-19)29-22(18-6-4-3-5-7-18)17-31-24(29)21(16-25)23(30)28-14-12-26-13-15-28/h3-11,17,26H,12-15H2,1-2H3/b24-21-. The predicted molar refractivity (Wildman–Crippen MR) is 127 cm³/mol. The second-order valence-corrected chi connectivity index (χ2v) is 8.43. The van der Waals surface area contributed by atoms with Crippen molar-refractivity contribution in [3.05, 3.63) is 76.2 Å². The van der Waals surface area contributed by atoms with E-state index in [9.17, 15) is 10.1 Å². The Balaban J connectivity index is 1.78. The molecule has 0 atom stereocenters. The summed E-state index contributed by atoms with van der Waals surface area (Å²) in [6, 6.07) is 20.4. The fourth-order valence-corrected chi connectivity index (χ4v) is 4.70. The third kappa shape index (κ3) is 4.31. The average Bonchev–Trinajstić information content (AvgIpc) is 3.25. The van der Waals surface area contributed by atoms with Crippen molar-refractivity contribution in [2.24, 2.45) is 0 Å². The van der Waals surface area contributed by atoms with Gasteiger partial charge in [-0.05, 0) is 29.8 Å². The van der Waals surface area contributed by atoms with Crippen LogP contribution in [-0.2, 0) is 4.79 Å². The zero-order valence-corrected chi connectivity index (χ0v) is 18.5. The number of thioether (sulfide) groups is 1. The number of benzene rings is 2. The van der Waals surface area contributed by atoms with Gasteiger partial charge in [0.1, 0.15) is 16.7 Å². The molecule has 1 saturated heterocycles. The molecule has 7 heteroatoms. The Morgan fingerprint density at radius 2 is 1.74 bits per heavy atom. The number of nitrogens with zero attached hydrogens (tertiary/aromatic N) is 4. The molecule has 4 rings (SSSR count). The van der Waals surface area contributed by atoms with Gasteiger partial charge in [0.25, 0.3) is 5.91 Å². The average molecular weight is 432 g/mol. The van der Waals surface area contributed by atoms with Gasteiger partial charge in [0.05, 0.1) is 5.70 Å². The van der Waals surface area contributed by atoms with Gasteiger partial charge in [0.2, 0.25) is 0 Å². The van der Waals surface area contributed by atoms with Crippen LogP contribution in [-0.4, -0.2) is 51.1 Å².